The molecular formula is C9H17N3. The van der Waals surface area contributed by atoms with Gasteiger partial charge in [0.2, 0.25) is 0 Å². The van der Waals surface area contributed by atoms with Crippen molar-refractivity contribution in [2.24, 2.45) is 5.73 Å². The Hall–Kier alpha value is -1.06. The molecule has 0 amide bonds. The minimum absolute atomic E-state index is 0. The smallest absolute Gasteiger partial charge is 0.0361 e. The highest BCUT2D eigenvalue weighted by Crippen LogP contribution is 2.11. The van der Waals surface area contributed by atoms with Crippen LogP contribution in [0.5, 0.6) is 0 Å². The molecule has 1 aromatic carbocycles. The summed E-state index contributed by atoms with van der Waals surface area (Å²) in [5.41, 5.74) is 7.85. The zero-order valence-corrected chi connectivity index (χ0v) is 7.75. The van der Waals surface area contributed by atoms with E-state index in [1.165, 1.54) is 11.3 Å². The normalized spacial score (nSPS) is 8.92. The fourth-order valence-electron chi connectivity index (χ4n) is 0.930. The van der Waals surface area contributed by atoms with Crippen molar-refractivity contribution in [3.63, 3.8) is 0 Å². The average molecular weight is 167 g/mol. The van der Waals surface area contributed by atoms with Gasteiger partial charge in [-0.3, -0.25) is 0 Å². The monoisotopic (exact) mass is 167 g/mol. The molecule has 5 N–H and O–H groups in total. The van der Waals surface area contributed by atoms with Gasteiger partial charge < -0.3 is 16.8 Å². The molecule has 0 radical (unpaired) electrons. The van der Waals surface area contributed by atoms with Gasteiger partial charge >= 0.3 is 0 Å². The summed E-state index contributed by atoms with van der Waals surface area (Å²) >= 11 is 0. The summed E-state index contributed by atoms with van der Waals surface area (Å²) in [6.07, 6.45) is 0. The molecule has 0 bridgehead atoms. The predicted octanol–water partition coefficient (Wildman–Crippen LogP) is 1.37. The number of nitrogens with zero attached hydrogens (tertiary/aromatic N) is 1. The minimum atomic E-state index is 0. The van der Waals surface area contributed by atoms with E-state index in [2.05, 4.69) is 29.2 Å². The molecule has 12 heavy (non-hydrogen) atoms. The van der Waals surface area contributed by atoms with Gasteiger partial charge in [-0.05, 0) is 17.7 Å². The third-order valence-corrected chi connectivity index (χ3v) is 1.69. The van der Waals surface area contributed by atoms with Crippen LogP contribution in [0, 0.1) is 0 Å². The lowest BCUT2D eigenvalue weighted by atomic mass is 10.2. The Morgan fingerprint density at radius 2 is 1.67 bits per heavy atom. The molecule has 0 aliphatic rings. The van der Waals surface area contributed by atoms with Crippen molar-refractivity contribution < 1.29 is 0 Å². The maximum absolute atomic E-state index is 5.46. The number of hydrogen-bond acceptors (Lipinski definition) is 3. The van der Waals surface area contributed by atoms with E-state index in [1.54, 1.807) is 0 Å². The molecule has 0 saturated heterocycles. The Bertz CT molecular complexity index is 216. The van der Waals surface area contributed by atoms with E-state index >= 15 is 0 Å². The van der Waals surface area contributed by atoms with E-state index in [-0.39, 0.29) is 6.15 Å². The molecule has 0 aliphatic heterocycles. The standard InChI is InChI=1S/C9H14N2.H3N/c1-11(2)9-5-3-8(7-10)4-6-9;/h3-6H,7,10H2,1-2H3;1H3. The van der Waals surface area contributed by atoms with Crippen molar-refractivity contribution in [3.05, 3.63) is 29.8 Å². The minimum Gasteiger partial charge on any atom is -0.378 e. The average Bonchev–Trinajstić information content (AvgIpc) is 2.05. The van der Waals surface area contributed by atoms with Crippen LogP contribution in [0.2, 0.25) is 0 Å². The van der Waals surface area contributed by atoms with Crippen molar-refractivity contribution in [1.82, 2.24) is 6.15 Å². The molecule has 0 spiro atoms. The lowest BCUT2D eigenvalue weighted by molar-refractivity contribution is 1.06. The van der Waals surface area contributed by atoms with Gasteiger partial charge in [-0.2, -0.15) is 0 Å². The SMILES string of the molecule is CN(C)c1ccc(CN)cc1.N. The van der Waals surface area contributed by atoms with Crippen molar-refractivity contribution >= 4 is 5.69 Å². The predicted molar refractivity (Wildman–Crippen MR) is 53.7 cm³/mol. The van der Waals surface area contributed by atoms with E-state index < -0.39 is 0 Å². The lowest BCUT2D eigenvalue weighted by Gasteiger charge is -2.11. The molecule has 0 aliphatic carbocycles. The highest BCUT2D eigenvalue weighted by atomic mass is 15.1. The Morgan fingerprint density at radius 3 is 2.00 bits per heavy atom. The van der Waals surface area contributed by atoms with Crippen LogP contribution in [0.25, 0.3) is 0 Å². The Balaban J connectivity index is 0.00000121. The molecule has 0 fully saturated rings. The fourth-order valence-corrected chi connectivity index (χ4v) is 0.930. The van der Waals surface area contributed by atoms with Crippen LogP contribution in [0.3, 0.4) is 0 Å². The number of anilines is 1. The van der Waals surface area contributed by atoms with Crippen LogP contribution < -0.4 is 16.8 Å². The van der Waals surface area contributed by atoms with Gasteiger partial charge in [0.15, 0.2) is 0 Å². The summed E-state index contributed by atoms with van der Waals surface area (Å²) in [7, 11) is 4.05. The van der Waals surface area contributed by atoms with Gasteiger partial charge in [-0.25, -0.2) is 0 Å². The molecule has 0 saturated carbocycles. The van der Waals surface area contributed by atoms with Crippen molar-refractivity contribution in [3.8, 4) is 0 Å². The maximum Gasteiger partial charge on any atom is 0.0361 e. The van der Waals surface area contributed by atoms with Crippen molar-refractivity contribution in [2.45, 2.75) is 6.54 Å². The first-order valence-corrected chi connectivity index (χ1v) is 3.70. The molecule has 3 nitrogen and oxygen atoms in total. The van der Waals surface area contributed by atoms with Crippen LogP contribution in [-0.4, -0.2) is 14.1 Å². The van der Waals surface area contributed by atoms with Gasteiger partial charge in [-0.15, -0.1) is 0 Å². The zero-order chi connectivity index (χ0) is 8.27. The van der Waals surface area contributed by atoms with Crippen molar-refractivity contribution in [2.75, 3.05) is 19.0 Å². The van der Waals surface area contributed by atoms with E-state index in [1.807, 2.05) is 14.1 Å². The summed E-state index contributed by atoms with van der Waals surface area (Å²) in [6.45, 7) is 0.619. The first kappa shape index (κ1) is 10.9. The second-order valence-electron chi connectivity index (χ2n) is 2.76. The van der Waals surface area contributed by atoms with Crippen LogP contribution >= 0.6 is 0 Å². The Morgan fingerprint density at radius 1 is 1.17 bits per heavy atom. The molecule has 1 rings (SSSR count). The lowest BCUT2D eigenvalue weighted by Crippen LogP contribution is -2.08. The molecular weight excluding hydrogens is 150 g/mol. The van der Waals surface area contributed by atoms with Gasteiger partial charge in [-0.1, -0.05) is 12.1 Å². The fraction of sp³-hybridized carbons (Fsp3) is 0.333. The molecule has 3 heteroatoms. The molecule has 1 aromatic rings. The second-order valence-corrected chi connectivity index (χ2v) is 2.76. The van der Waals surface area contributed by atoms with Crippen LogP contribution in [0.15, 0.2) is 24.3 Å². The molecule has 0 aromatic heterocycles. The second kappa shape index (κ2) is 4.74. The van der Waals surface area contributed by atoms with E-state index in [0.29, 0.717) is 6.54 Å². The molecule has 0 atom stereocenters. The summed E-state index contributed by atoms with van der Waals surface area (Å²) in [5.74, 6) is 0. The summed E-state index contributed by atoms with van der Waals surface area (Å²) < 4.78 is 0. The van der Waals surface area contributed by atoms with E-state index in [0.717, 1.165) is 0 Å². The highest BCUT2D eigenvalue weighted by molar-refractivity contribution is 5.45. The summed E-state index contributed by atoms with van der Waals surface area (Å²) in [5, 5.41) is 0. The number of benzene rings is 1. The molecule has 68 valence electrons. The molecule has 0 heterocycles. The third-order valence-electron chi connectivity index (χ3n) is 1.69. The number of rotatable bonds is 2. The van der Waals surface area contributed by atoms with E-state index in [4.69, 9.17) is 5.73 Å². The summed E-state index contributed by atoms with van der Waals surface area (Å²) in [6, 6.07) is 8.25. The quantitative estimate of drug-likeness (QED) is 0.699. The van der Waals surface area contributed by atoms with Gasteiger partial charge in [0.25, 0.3) is 0 Å². The Kier molecular flexibility index (Phi) is 4.33. The summed E-state index contributed by atoms with van der Waals surface area (Å²) in [4.78, 5) is 2.07. The molecule has 0 unspecified atom stereocenters. The number of nitrogens with two attached hydrogens (primary N) is 1. The number of hydrogen-bond donors (Lipinski definition) is 2. The van der Waals surface area contributed by atoms with Crippen LogP contribution in [0.4, 0.5) is 5.69 Å². The van der Waals surface area contributed by atoms with Crippen LogP contribution in [0.1, 0.15) is 5.56 Å². The van der Waals surface area contributed by atoms with E-state index in [9.17, 15) is 0 Å². The van der Waals surface area contributed by atoms with Gasteiger partial charge in [0.05, 0.1) is 0 Å². The van der Waals surface area contributed by atoms with Gasteiger partial charge in [0, 0.05) is 26.3 Å². The topological polar surface area (TPSA) is 64.3 Å². The third kappa shape index (κ3) is 2.53. The van der Waals surface area contributed by atoms with Crippen molar-refractivity contribution in [1.29, 1.82) is 0 Å². The van der Waals surface area contributed by atoms with Crippen LogP contribution in [-0.2, 0) is 6.54 Å². The van der Waals surface area contributed by atoms with Gasteiger partial charge in [0.1, 0.15) is 0 Å². The maximum atomic E-state index is 5.46. The largest absolute Gasteiger partial charge is 0.378 e. The first-order chi connectivity index (χ1) is 5.24. The highest BCUT2D eigenvalue weighted by Gasteiger charge is 1.92. The zero-order valence-electron chi connectivity index (χ0n) is 7.75. The Labute approximate surface area is 73.8 Å². The first-order valence-electron chi connectivity index (χ1n) is 3.70.